The molecule has 7 nitrogen and oxygen atoms in total. The first-order valence-electron chi connectivity index (χ1n) is 10.3. The van der Waals surface area contributed by atoms with Crippen molar-refractivity contribution in [1.29, 1.82) is 0 Å². The number of anilines is 1. The zero-order valence-electron chi connectivity index (χ0n) is 18.0. The lowest BCUT2D eigenvalue weighted by atomic mass is 10.1. The van der Waals surface area contributed by atoms with E-state index in [-0.39, 0.29) is 11.9 Å². The number of carbonyl (C=O) groups is 1. The molecule has 1 atom stereocenters. The molecule has 1 aromatic heterocycles. The SMILES string of the molecule is COc1ccccc1Oc1cc(N2CCN(C(=O)c3ccc(C)cc3)[C@@H](C)C2)ncn1. The van der Waals surface area contributed by atoms with E-state index >= 15 is 0 Å². The smallest absolute Gasteiger partial charge is 0.254 e. The highest BCUT2D eigenvalue weighted by Gasteiger charge is 2.29. The summed E-state index contributed by atoms with van der Waals surface area (Å²) in [4.78, 5) is 25.7. The first-order chi connectivity index (χ1) is 15.0. The van der Waals surface area contributed by atoms with Crippen LogP contribution in [0.4, 0.5) is 5.82 Å². The minimum atomic E-state index is 0.0519. The van der Waals surface area contributed by atoms with E-state index in [0.29, 0.717) is 37.0 Å². The molecule has 1 saturated heterocycles. The largest absolute Gasteiger partial charge is 0.493 e. The van der Waals surface area contributed by atoms with Crippen molar-refractivity contribution in [2.24, 2.45) is 0 Å². The van der Waals surface area contributed by atoms with Crippen LogP contribution in [0.5, 0.6) is 17.4 Å². The maximum Gasteiger partial charge on any atom is 0.254 e. The number of carbonyl (C=O) groups excluding carboxylic acids is 1. The summed E-state index contributed by atoms with van der Waals surface area (Å²) in [6.45, 7) is 6.07. The summed E-state index contributed by atoms with van der Waals surface area (Å²) in [6.07, 6.45) is 1.49. The molecule has 2 aromatic carbocycles. The molecule has 160 valence electrons. The number of piperazine rings is 1. The Hall–Kier alpha value is -3.61. The molecule has 4 rings (SSSR count). The van der Waals surface area contributed by atoms with Gasteiger partial charge in [0.2, 0.25) is 5.88 Å². The number of benzene rings is 2. The number of aromatic nitrogens is 2. The third-order valence-corrected chi connectivity index (χ3v) is 5.42. The fourth-order valence-corrected chi connectivity index (χ4v) is 3.70. The maximum atomic E-state index is 12.9. The van der Waals surface area contributed by atoms with Crippen LogP contribution in [0.15, 0.2) is 60.9 Å². The standard InChI is InChI=1S/C24H26N4O3/c1-17-8-10-19(11-9-17)24(29)28-13-12-27(15-18(28)2)22-14-23(26-16-25-22)31-21-7-5-4-6-20(21)30-3/h4-11,14,16,18H,12-13,15H2,1-3H3/t18-/m0/s1. The predicted molar refractivity (Wildman–Crippen MR) is 119 cm³/mol. The summed E-state index contributed by atoms with van der Waals surface area (Å²) >= 11 is 0. The molecule has 1 fully saturated rings. The van der Waals surface area contributed by atoms with Crippen LogP contribution in [0, 0.1) is 6.92 Å². The van der Waals surface area contributed by atoms with Gasteiger partial charge in [-0.1, -0.05) is 29.8 Å². The molecule has 0 aliphatic carbocycles. The zero-order chi connectivity index (χ0) is 21.8. The van der Waals surface area contributed by atoms with Crippen molar-refractivity contribution in [1.82, 2.24) is 14.9 Å². The zero-order valence-corrected chi connectivity index (χ0v) is 18.0. The Balaban J connectivity index is 1.45. The van der Waals surface area contributed by atoms with Crippen LogP contribution in [-0.4, -0.2) is 53.6 Å². The van der Waals surface area contributed by atoms with Crippen molar-refractivity contribution >= 4 is 11.7 Å². The van der Waals surface area contributed by atoms with Gasteiger partial charge in [0.1, 0.15) is 12.1 Å². The summed E-state index contributed by atoms with van der Waals surface area (Å²) in [7, 11) is 1.60. The highest BCUT2D eigenvalue weighted by molar-refractivity contribution is 5.94. The fraction of sp³-hybridized carbons (Fsp3) is 0.292. The molecule has 0 spiro atoms. The molecule has 31 heavy (non-hydrogen) atoms. The number of methoxy groups -OCH3 is 1. The van der Waals surface area contributed by atoms with Crippen LogP contribution in [0.2, 0.25) is 0 Å². The van der Waals surface area contributed by atoms with E-state index in [4.69, 9.17) is 9.47 Å². The number of hydrogen-bond donors (Lipinski definition) is 0. The summed E-state index contributed by atoms with van der Waals surface area (Å²) in [6, 6.07) is 17.0. The van der Waals surface area contributed by atoms with E-state index in [0.717, 1.165) is 16.9 Å². The molecule has 7 heteroatoms. The topological polar surface area (TPSA) is 67.8 Å². The summed E-state index contributed by atoms with van der Waals surface area (Å²) in [5.74, 6) is 2.51. The quantitative estimate of drug-likeness (QED) is 0.625. The lowest BCUT2D eigenvalue weighted by Gasteiger charge is -2.40. The van der Waals surface area contributed by atoms with Gasteiger partial charge in [-0.2, -0.15) is 0 Å². The normalized spacial score (nSPS) is 16.2. The first kappa shape index (κ1) is 20.7. The van der Waals surface area contributed by atoms with Gasteiger partial charge in [0, 0.05) is 37.3 Å². The predicted octanol–water partition coefficient (Wildman–Crippen LogP) is 3.94. The van der Waals surface area contributed by atoms with Gasteiger partial charge in [-0.25, -0.2) is 9.97 Å². The Kier molecular flexibility index (Phi) is 6.02. The Morgan fingerprint density at radius 2 is 1.77 bits per heavy atom. The number of rotatable bonds is 5. The molecule has 1 aliphatic heterocycles. The molecule has 0 N–H and O–H groups in total. The summed E-state index contributed by atoms with van der Waals surface area (Å²) in [5.41, 5.74) is 1.87. The number of amides is 1. The molecule has 0 bridgehead atoms. The molecule has 3 aromatic rings. The molecule has 0 saturated carbocycles. The highest BCUT2D eigenvalue weighted by atomic mass is 16.5. The average molecular weight is 418 g/mol. The van der Waals surface area contributed by atoms with Crippen molar-refractivity contribution in [3.05, 3.63) is 72.1 Å². The van der Waals surface area contributed by atoms with Crippen LogP contribution in [0.1, 0.15) is 22.8 Å². The summed E-state index contributed by atoms with van der Waals surface area (Å²) < 4.78 is 11.3. The van der Waals surface area contributed by atoms with E-state index in [2.05, 4.69) is 21.8 Å². The second-order valence-electron chi connectivity index (χ2n) is 7.63. The number of nitrogens with zero attached hydrogens (tertiary/aromatic N) is 4. The van der Waals surface area contributed by atoms with E-state index in [1.54, 1.807) is 7.11 Å². The minimum Gasteiger partial charge on any atom is -0.493 e. The molecule has 2 heterocycles. The molecule has 1 amide bonds. The molecule has 1 aliphatic rings. The molecular formula is C24H26N4O3. The number of hydrogen-bond acceptors (Lipinski definition) is 6. The third-order valence-electron chi connectivity index (χ3n) is 5.42. The van der Waals surface area contributed by atoms with Crippen molar-refractivity contribution in [3.63, 3.8) is 0 Å². The van der Waals surface area contributed by atoms with Gasteiger partial charge in [-0.15, -0.1) is 0 Å². The summed E-state index contributed by atoms with van der Waals surface area (Å²) in [5, 5.41) is 0. The lowest BCUT2D eigenvalue weighted by molar-refractivity contribution is 0.0673. The molecule has 0 radical (unpaired) electrons. The van der Waals surface area contributed by atoms with Gasteiger partial charge in [0.25, 0.3) is 5.91 Å². The van der Waals surface area contributed by atoms with Gasteiger partial charge in [-0.05, 0) is 38.1 Å². The monoisotopic (exact) mass is 418 g/mol. The second kappa shape index (κ2) is 9.04. The van der Waals surface area contributed by atoms with Crippen LogP contribution in [-0.2, 0) is 0 Å². The van der Waals surface area contributed by atoms with Gasteiger partial charge in [0.05, 0.1) is 7.11 Å². The highest BCUT2D eigenvalue weighted by Crippen LogP contribution is 2.31. The van der Waals surface area contributed by atoms with Crippen molar-refractivity contribution in [2.75, 3.05) is 31.6 Å². The van der Waals surface area contributed by atoms with Gasteiger partial charge in [-0.3, -0.25) is 4.79 Å². The first-order valence-corrected chi connectivity index (χ1v) is 10.3. The molecule has 0 unspecified atom stereocenters. The Morgan fingerprint density at radius 1 is 1.03 bits per heavy atom. The number of ether oxygens (including phenoxy) is 2. The fourth-order valence-electron chi connectivity index (χ4n) is 3.70. The van der Waals surface area contributed by atoms with Crippen LogP contribution < -0.4 is 14.4 Å². The lowest BCUT2D eigenvalue weighted by Crippen LogP contribution is -2.54. The van der Waals surface area contributed by atoms with Gasteiger partial charge in [0.15, 0.2) is 11.5 Å². The van der Waals surface area contributed by atoms with E-state index in [1.165, 1.54) is 6.33 Å². The van der Waals surface area contributed by atoms with Crippen molar-refractivity contribution < 1.29 is 14.3 Å². The minimum absolute atomic E-state index is 0.0519. The second-order valence-corrected chi connectivity index (χ2v) is 7.63. The third kappa shape index (κ3) is 4.60. The Morgan fingerprint density at radius 3 is 2.48 bits per heavy atom. The van der Waals surface area contributed by atoms with Crippen LogP contribution in [0.3, 0.4) is 0 Å². The maximum absolute atomic E-state index is 12.9. The Bertz CT molecular complexity index is 1050. The van der Waals surface area contributed by atoms with Gasteiger partial charge >= 0.3 is 0 Å². The van der Waals surface area contributed by atoms with Crippen molar-refractivity contribution in [2.45, 2.75) is 19.9 Å². The van der Waals surface area contributed by atoms with E-state index in [1.807, 2.05) is 66.4 Å². The number of para-hydroxylation sites is 2. The number of aryl methyl sites for hydroxylation is 1. The Labute approximate surface area is 182 Å². The molecular weight excluding hydrogens is 392 g/mol. The van der Waals surface area contributed by atoms with Crippen LogP contribution >= 0.6 is 0 Å². The van der Waals surface area contributed by atoms with Gasteiger partial charge < -0.3 is 19.3 Å². The van der Waals surface area contributed by atoms with E-state index in [9.17, 15) is 4.79 Å². The van der Waals surface area contributed by atoms with Crippen LogP contribution in [0.25, 0.3) is 0 Å². The average Bonchev–Trinajstić information content (AvgIpc) is 2.79. The van der Waals surface area contributed by atoms with E-state index < -0.39 is 0 Å². The van der Waals surface area contributed by atoms with Crippen molar-refractivity contribution in [3.8, 4) is 17.4 Å².